The molecular weight excluding hydrogens is 305 g/mol. The summed E-state index contributed by atoms with van der Waals surface area (Å²) in [5.41, 5.74) is 5.10. The molecule has 0 aliphatic rings. The number of nitrogen functional groups attached to an aromatic ring is 1. The predicted molar refractivity (Wildman–Crippen MR) is 75.3 cm³/mol. The molecule has 0 bridgehead atoms. The zero-order chi connectivity index (χ0) is 15.6. The molecule has 2 aromatic carbocycles. The average molecular weight is 315 g/mol. The number of carbonyl (C=O) groups is 1. The Bertz CT molecular complexity index is 686. The lowest BCUT2D eigenvalue weighted by molar-refractivity contribution is -0.137. The highest BCUT2D eigenvalue weighted by atomic mass is 35.5. The summed E-state index contributed by atoms with van der Waals surface area (Å²) in [4.78, 5) is 12.0. The van der Waals surface area contributed by atoms with Crippen molar-refractivity contribution in [2.24, 2.45) is 0 Å². The first kappa shape index (κ1) is 15.2. The highest BCUT2D eigenvalue weighted by molar-refractivity contribution is 6.31. The zero-order valence-electron chi connectivity index (χ0n) is 10.5. The summed E-state index contributed by atoms with van der Waals surface area (Å²) >= 11 is 5.76. The first-order chi connectivity index (χ1) is 9.77. The first-order valence-electron chi connectivity index (χ1n) is 5.81. The third kappa shape index (κ3) is 3.66. The van der Waals surface area contributed by atoms with Crippen LogP contribution < -0.4 is 11.1 Å². The van der Waals surface area contributed by atoms with Crippen LogP contribution in [-0.2, 0) is 6.18 Å². The molecule has 0 aromatic heterocycles. The van der Waals surface area contributed by atoms with E-state index >= 15 is 0 Å². The van der Waals surface area contributed by atoms with E-state index in [1.54, 1.807) is 0 Å². The third-order valence-electron chi connectivity index (χ3n) is 2.71. The highest BCUT2D eigenvalue weighted by Gasteiger charge is 2.30. The van der Waals surface area contributed by atoms with Gasteiger partial charge in [-0.05, 0) is 36.4 Å². The van der Waals surface area contributed by atoms with Gasteiger partial charge in [0.05, 0.1) is 11.1 Å². The number of carbonyl (C=O) groups excluding carboxylic acids is 1. The van der Waals surface area contributed by atoms with Gasteiger partial charge in [0.2, 0.25) is 0 Å². The first-order valence-corrected chi connectivity index (χ1v) is 6.19. The Kier molecular flexibility index (Phi) is 4.09. The fourth-order valence-corrected chi connectivity index (χ4v) is 1.87. The van der Waals surface area contributed by atoms with Gasteiger partial charge in [-0.15, -0.1) is 0 Å². The van der Waals surface area contributed by atoms with Crippen molar-refractivity contribution in [3.63, 3.8) is 0 Å². The maximum Gasteiger partial charge on any atom is 0.416 e. The number of benzene rings is 2. The van der Waals surface area contributed by atoms with Gasteiger partial charge in [0.25, 0.3) is 5.91 Å². The number of hydrogen-bond donors (Lipinski definition) is 2. The summed E-state index contributed by atoms with van der Waals surface area (Å²) in [5.74, 6) is -0.630. The van der Waals surface area contributed by atoms with Crippen LogP contribution in [0.4, 0.5) is 24.5 Å². The smallest absolute Gasteiger partial charge is 0.398 e. The van der Waals surface area contributed by atoms with Gasteiger partial charge < -0.3 is 11.1 Å². The van der Waals surface area contributed by atoms with Crippen LogP contribution >= 0.6 is 11.6 Å². The van der Waals surface area contributed by atoms with Gasteiger partial charge in [0.15, 0.2) is 0 Å². The van der Waals surface area contributed by atoms with Crippen LogP contribution in [0.3, 0.4) is 0 Å². The van der Waals surface area contributed by atoms with Crippen molar-refractivity contribution in [1.29, 1.82) is 0 Å². The fraction of sp³-hybridized carbons (Fsp3) is 0.0714. The fourth-order valence-electron chi connectivity index (χ4n) is 1.70. The third-order valence-corrected chi connectivity index (χ3v) is 2.94. The van der Waals surface area contributed by atoms with Crippen LogP contribution in [0.1, 0.15) is 15.9 Å². The summed E-state index contributed by atoms with van der Waals surface area (Å²) in [7, 11) is 0. The van der Waals surface area contributed by atoms with E-state index in [-0.39, 0.29) is 16.9 Å². The number of amides is 1. The number of anilines is 2. The zero-order valence-corrected chi connectivity index (χ0v) is 11.3. The minimum Gasteiger partial charge on any atom is -0.398 e. The second-order valence-electron chi connectivity index (χ2n) is 4.26. The van der Waals surface area contributed by atoms with E-state index in [2.05, 4.69) is 5.32 Å². The van der Waals surface area contributed by atoms with Crippen LogP contribution in [-0.4, -0.2) is 5.91 Å². The number of nitrogens with two attached hydrogens (primary N) is 1. The molecule has 0 saturated heterocycles. The molecular formula is C14H10ClF3N2O. The van der Waals surface area contributed by atoms with Crippen molar-refractivity contribution in [3.05, 3.63) is 58.6 Å². The molecule has 7 heteroatoms. The molecule has 0 aliphatic heterocycles. The molecule has 0 heterocycles. The summed E-state index contributed by atoms with van der Waals surface area (Å²) in [6.07, 6.45) is -4.48. The molecule has 21 heavy (non-hydrogen) atoms. The van der Waals surface area contributed by atoms with Gasteiger partial charge in [0.1, 0.15) is 0 Å². The lowest BCUT2D eigenvalue weighted by atomic mass is 10.1. The second kappa shape index (κ2) is 5.65. The normalized spacial score (nSPS) is 11.2. The van der Waals surface area contributed by atoms with Crippen molar-refractivity contribution in [3.8, 4) is 0 Å². The molecule has 3 nitrogen and oxygen atoms in total. The molecule has 0 fully saturated rings. The van der Waals surface area contributed by atoms with Crippen LogP contribution in [0.5, 0.6) is 0 Å². The van der Waals surface area contributed by atoms with Gasteiger partial charge in [0, 0.05) is 16.4 Å². The van der Waals surface area contributed by atoms with Gasteiger partial charge in [-0.3, -0.25) is 4.79 Å². The summed E-state index contributed by atoms with van der Waals surface area (Å²) in [6, 6.07) is 8.64. The Labute approximate surface area is 123 Å². The van der Waals surface area contributed by atoms with Crippen molar-refractivity contribution in [2.45, 2.75) is 6.18 Å². The van der Waals surface area contributed by atoms with Gasteiger partial charge in [-0.1, -0.05) is 17.7 Å². The second-order valence-corrected chi connectivity index (χ2v) is 4.70. The summed E-state index contributed by atoms with van der Waals surface area (Å²) < 4.78 is 37.8. The molecule has 0 radical (unpaired) electrons. The number of halogens is 4. The molecule has 0 spiro atoms. The van der Waals surface area contributed by atoms with Gasteiger partial charge in [-0.2, -0.15) is 13.2 Å². The standard InChI is InChI=1S/C14H10ClF3N2O/c15-9-4-5-12(19)11(7-9)13(21)20-10-3-1-2-8(6-10)14(16,17)18/h1-7H,19H2,(H,20,21). The Hall–Kier alpha value is -2.21. The average Bonchev–Trinajstić information content (AvgIpc) is 2.41. The number of nitrogens with one attached hydrogen (secondary N) is 1. The van der Waals surface area contributed by atoms with Crippen molar-refractivity contribution < 1.29 is 18.0 Å². The topological polar surface area (TPSA) is 55.1 Å². The summed E-state index contributed by atoms with van der Waals surface area (Å²) in [6.45, 7) is 0. The Morgan fingerprint density at radius 3 is 2.52 bits per heavy atom. The van der Waals surface area contributed by atoms with E-state index < -0.39 is 17.6 Å². The number of alkyl halides is 3. The van der Waals surface area contributed by atoms with Crippen LogP contribution in [0.2, 0.25) is 5.02 Å². The monoisotopic (exact) mass is 314 g/mol. The molecule has 3 N–H and O–H groups in total. The van der Waals surface area contributed by atoms with E-state index in [9.17, 15) is 18.0 Å². The number of rotatable bonds is 2. The molecule has 2 rings (SSSR count). The van der Waals surface area contributed by atoms with Crippen LogP contribution in [0.15, 0.2) is 42.5 Å². The quantitative estimate of drug-likeness (QED) is 0.816. The summed E-state index contributed by atoms with van der Waals surface area (Å²) in [5, 5.41) is 2.67. The number of hydrogen-bond acceptors (Lipinski definition) is 2. The van der Waals surface area contributed by atoms with Crippen LogP contribution in [0.25, 0.3) is 0 Å². The largest absolute Gasteiger partial charge is 0.416 e. The van der Waals surface area contributed by atoms with E-state index in [0.29, 0.717) is 5.02 Å². The van der Waals surface area contributed by atoms with Gasteiger partial charge >= 0.3 is 6.18 Å². The molecule has 0 unspecified atom stereocenters. The molecule has 0 aliphatic carbocycles. The maximum absolute atomic E-state index is 12.6. The van der Waals surface area contributed by atoms with E-state index in [1.165, 1.54) is 30.3 Å². The molecule has 1 amide bonds. The predicted octanol–water partition coefficient (Wildman–Crippen LogP) is 4.19. The minimum absolute atomic E-state index is 0.0224. The molecule has 110 valence electrons. The maximum atomic E-state index is 12.6. The van der Waals surface area contributed by atoms with Crippen LogP contribution in [0, 0.1) is 0 Å². The molecule has 0 atom stereocenters. The Morgan fingerprint density at radius 1 is 1.14 bits per heavy atom. The van der Waals surface area contributed by atoms with Crippen molar-refractivity contribution in [2.75, 3.05) is 11.1 Å². The van der Waals surface area contributed by atoms with Crippen molar-refractivity contribution >= 4 is 28.9 Å². The lowest BCUT2D eigenvalue weighted by Gasteiger charge is -2.11. The van der Waals surface area contributed by atoms with E-state index in [4.69, 9.17) is 17.3 Å². The Morgan fingerprint density at radius 2 is 1.86 bits per heavy atom. The van der Waals surface area contributed by atoms with Crippen molar-refractivity contribution in [1.82, 2.24) is 0 Å². The van der Waals surface area contributed by atoms with E-state index in [1.807, 2.05) is 0 Å². The minimum atomic E-state index is -4.48. The lowest BCUT2D eigenvalue weighted by Crippen LogP contribution is -2.15. The molecule has 0 saturated carbocycles. The van der Waals surface area contributed by atoms with E-state index in [0.717, 1.165) is 12.1 Å². The molecule has 2 aromatic rings. The van der Waals surface area contributed by atoms with Gasteiger partial charge in [-0.25, -0.2) is 0 Å². The SMILES string of the molecule is Nc1ccc(Cl)cc1C(=O)Nc1cccc(C(F)(F)F)c1. The Balaban J connectivity index is 2.26. The highest BCUT2D eigenvalue weighted by Crippen LogP contribution is 2.31.